The summed E-state index contributed by atoms with van der Waals surface area (Å²) in [7, 11) is 0. The van der Waals surface area contributed by atoms with E-state index in [1.54, 1.807) is 0 Å². The number of carbonyl (C=O) groups excluding carboxylic acids is 1. The van der Waals surface area contributed by atoms with Crippen molar-refractivity contribution in [2.45, 2.75) is 38.6 Å². The van der Waals surface area contributed by atoms with E-state index in [2.05, 4.69) is 19.1 Å². The highest BCUT2D eigenvalue weighted by atomic mass is 16.6. The number of nitrogens with zero attached hydrogens (tertiary/aromatic N) is 1. The minimum atomic E-state index is -0.146. The van der Waals surface area contributed by atoms with Gasteiger partial charge in [-0.25, -0.2) is 4.79 Å². The molecule has 2 rings (SSSR count). The standard InChI is InChI=1S/C15H21NO2/c1-2-3-7-10-16-14(12-18-15(16)17)11-13-8-5-4-6-9-13/h4-6,8-9,14H,2-3,7,10-12H2,1H3/t14-/m1/s1. The molecule has 1 heterocycles. The lowest BCUT2D eigenvalue weighted by atomic mass is 10.1. The van der Waals surface area contributed by atoms with E-state index < -0.39 is 0 Å². The molecule has 0 aromatic heterocycles. The molecule has 0 unspecified atom stereocenters. The predicted molar refractivity (Wildman–Crippen MR) is 71.5 cm³/mol. The Morgan fingerprint density at radius 3 is 2.78 bits per heavy atom. The second-order valence-corrected chi connectivity index (χ2v) is 4.82. The molecule has 1 amide bonds. The van der Waals surface area contributed by atoms with Gasteiger partial charge in [0, 0.05) is 6.54 Å². The van der Waals surface area contributed by atoms with Crippen LogP contribution in [-0.2, 0) is 11.2 Å². The van der Waals surface area contributed by atoms with Crippen molar-refractivity contribution in [2.24, 2.45) is 0 Å². The van der Waals surface area contributed by atoms with Gasteiger partial charge in [-0.3, -0.25) is 0 Å². The zero-order chi connectivity index (χ0) is 12.8. The third-order valence-electron chi connectivity index (χ3n) is 3.39. The van der Waals surface area contributed by atoms with Crippen LogP contribution in [0.1, 0.15) is 31.7 Å². The van der Waals surface area contributed by atoms with Crippen LogP contribution in [0.15, 0.2) is 30.3 Å². The normalized spacial score (nSPS) is 19.1. The van der Waals surface area contributed by atoms with Gasteiger partial charge >= 0.3 is 6.09 Å². The number of carbonyl (C=O) groups is 1. The van der Waals surface area contributed by atoms with E-state index in [9.17, 15) is 4.79 Å². The van der Waals surface area contributed by atoms with E-state index in [0.717, 1.165) is 19.4 Å². The molecule has 0 saturated carbocycles. The van der Waals surface area contributed by atoms with Crippen molar-refractivity contribution in [2.75, 3.05) is 13.2 Å². The summed E-state index contributed by atoms with van der Waals surface area (Å²) in [5.41, 5.74) is 1.27. The van der Waals surface area contributed by atoms with Crippen molar-refractivity contribution in [3.05, 3.63) is 35.9 Å². The van der Waals surface area contributed by atoms with Crippen LogP contribution in [0.4, 0.5) is 4.79 Å². The van der Waals surface area contributed by atoms with E-state index in [-0.39, 0.29) is 12.1 Å². The Morgan fingerprint density at radius 2 is 2.06 bits per heavy atom. The Hall–Kier alpha value is -1.51. The summed E-state index contributed by atoms with van der Waals surface area (Å²) >= 11 is 0. The largest absolute Gasteiger partial charge is 0.447 e. The van der Waals surface area contributed by atoms with Crippen LogP contribution in [-0.4, -0.2) is 30.2 Å². The SMILES string of the molecule is CCCCCN1C(=O)OC[C@H]1Cc1ccccc1. The summed E-state index contributed by atoms with van der Waals surface area (Å²) in [6, 6.07) is 10.5. The third kappa shape index (κ3) is 3.25. The Bertz CT molecular complexity index is 377. The molecule has 1 aliphatic heterocycles. The highest BCUT2D eigenvalue weighted by Gasteiger charge is 2.32. The van der Waals surface area contributed by atoms with Crippen LogP contribution in [0.25, 0.3) is 0 Å². The van der Waals surface area contributed by atoms with Crippen molar-refractivity contribution < 1.29 is 9.53 Å². The van der Waals surface area contributed by atoms with Gasteiger partial charge in [-0.15, -0.1) is 0 Å². The molecular formula is C15H21NO2. The molecule has 1 atom stereocenters. The minimum Gasteiger partial charge on any atom is -0.447 e. The molecule has 0 radical (unpaired) electrons. The molecule has 1 aromatic carbocycles. The number of rotatable bonds is 6. The number of cyclic esters (lactones) is 1. The van der Waals surface area contributed by atoms with Crippen molar-refractivity contribution in [3.63, 3.8) is 0 Å². The number of ether oxygens (including phenoxy) is 1. The molecular weight excluding hydrogens is 226 g/mol. The first kappa shape index (κ1) is 12.9. The van der Waals surface area contributed by atoms with E-state index in [1.807, 2.05) is 23.1 Å². The van der Waals surface area contributed by atoms with E-state index >= 15 is 0 Å². The summed E-state index contributed by atoms with van der Waals surface area (Å²) < 4.78 is 5.17. The lowest BCUT2D eigenvalue weighted by molar-refractivity contribution is 0.157. The van der Waals surface area contributed by atoms with Gasteiger partial charge in [0.25, 0.3) is 0 Å². The molecule has 1 fully saturated rings. The third-order valence-corrected chi connectivity index (χ3v) is 3.39. The maximum Gasteiger partial charge on any atom is 0.410 e. The Kier molecular flexibility index (Phi) is 4.62. The van der Waals surface area contributed by atoms with E-state index in [4.69, 9.17) is 4.74 Å². The summed E-state index contributed by atoms with van der Waals surface area (Å²) in [4.78, 5) is 13.6. The summed E-state index contributed by atoms with van der Waals surface area (Å²) in [5.74, 6) is 0. The van der Waals surface area contributed by atoms with Gasteiger partial charge in [-0.2, -0.15) is 0 Å². The number of benzene rings is 1. The summed E-state index contributed by atoms with van der Waals surface area (Å²) in [6.45, 7) is 3.52. The van der Waals surface area contributed by atoms with Crippen molar-refractivity contribution in [1.29, 1.82) is 0 Å². The highest BCUT2D eigenvalue weighted by Crippen LogP contribution is 2.18. The number of hydrogen-bond donors (Lipinski definition) is 0. The topological polar surface area (TPSA) is 29.5 Å². The monoisotopic (exact) mass is 247 g/mol. The smallest absolute Gasteiger partial charge is 0.410 e. The number of amides is 1. The lowest BCUT2D eigenvalue weighted by Gasteiger charge is -2.21. The average molecular weight is 247 g/mol. The van der Waals surface area contributed by atoms with Crippen LogP contribution in [0.3, 0.4) is 0 Å². The summed E-state index contributed by atoms with van der Waals surface area (Å²) in [5, 5.41) is 0. The fourth-order valence-corrected chi connectivity index (χ4v) is 2.35. The van der Waals surface area contributed by atoms with E-state index in [1.165, 1.54) is 18.4 Å². The fraction of sp³-hybridized carbons (Fsp3) is 0.533. The number of hydrogen-bond acceptors (Lipinski definition) is 2. The molecule has 1 saturated heterocycles. The van der Waals surface area contributed by atoms with Crippen LogP contribution >= 0.6 is 0 Å². The molecule has 0 aliphatic carbocycles. The highest BCUT2D eigenvalue weighted by molar-refractivity contribution is 5.70. The second-order valence-electron chi connectivity index (χ2n) is 4.82. The Morgan fingerprint density at radius 1 is 1.28 bits per heavy atom. The van der Waals surface area contributed by atoms with Gasteiger partial charge in [0.2, 0.25) is 0 Å². The molecule has 0 N–H and O–H groups in total. The molecule has 98 valence electrons. The second kappa shape index (κ2) is 6.43. The van der Waals surface area contributed by atoms with Gasteiger partial charge in [-0.1, -0.05) is 50.1 Å². The molecule has 0 bridgehead atoms. The zero-order valence-corrected chi connectivity index (χ0v) is 11.0. The van der Waals surface area contributed by atoms with Crippen LogP contribution in [0, 0.1) is 0 Å². The van der Waals surface area contributed by atoms with Crippen molar-refractivity contribution in [1.82, 2.24) is 4.90 Å². The van der Waals surface area contributed by atoms with Crippen LogP contribution < -0.4 is 0 Å². The molecule has 3 heteroatoms. The number of unbranched alkanes of at least 4 members (excludes halogenated alkanes) is 2. The van der Waals surface area contributed by atoms with E-state index in [0.29, 0.717) is 6.61 Å². The zero-order valence-electron chi connectivity index (χ0n) is 11.0. The van der Waals surface area contributed by atoms with Crippen LogP contribution in [0.2, 0.25) is 0 Å². The molecule has 0 spiro atoms. The lowest BCUT2D eigenvalue weighted by Crippen LogP contribution is -2.35. The quantitative estimate of drug-likeness (QED) is 0.722. The van der Waals surface area contributed by atoms with Gasteiger partial charge in [-0.05, 0) is 18.4 Å². The fourth-order valence-electron chi connectivity index (χ4n) is 2.35. The van der Waals surface area contributed by atoms with Crippen molar-refractivity contribution in [3.8, 4) is 0 Å². The van der Waals surface area contributed by atoms with Gasteiger partial charge < -0.3 is 9.64 Å². The first-order valence-corrected chi connectivity index (χ1v) is 6.78. The first-order chi connectivity index (χ1) is 8.81. The Labute approximate surface area is 109 Å². The molecule has 1 aliphatic rings. The maximum absolute atomic E-state index is 11.7. The first-order valence-electron chi connectivity index (χ1n) is 6.78. The molecule has 1 aromatic rings. The predicted octanol–water partition coefficient (Wildman–Crippen LogP) is 3.24. The Balaban J connectivity index is 1.92. The van der Waals surface area contributed by atoms with Crippen LogP contribution in [0.5, 0.6) is 0 Å². The molecule has 3 nitrogen and oxygen atoms in total. The van der Waals surface area contributed by atoms with Gasteiger partial charge in [0.05, 0.1) is 6.04 Å². The van der Waals surface area contributed by atoms with Crippen molar-refractivity contribution >= 4 is 6.09 Å². The van der Waals surface area contributed by atoms with Gasteiger partial charge in [0.1, 0.15) is 6.61 Å². The molecule has 18 heavy (non-hydrogen) atoms. The minimum absolute atomic E-state index is 0.146. The average Bonchev–Trinajstić information content (AvgIpc) is 2.73. The summed E-state index contributed by atoms with van der Waals surface area (Å²) in [6.07, 6.45) is 4.15. The van der Waals surface area contributed by atoms with Gasteiger partial charge in [0.15, 0.2) is 0 Å². The maximum atomic E-state index is 11.7.